The van der Waals surface area contributed by atoms with E-state index in [4.69, 9.17) is 14.0 Å². The minimum absolute atomic E-state index is 0.277. The number of rotatable bonds is 3. The van der Waals surface area contributed by atoms with Crippen molar-refractivity contribution < 1.29 is 23.6 Å². The van der Waals surface area contributed by atoms with Gasteiger partial charge in [-0.25, -0.2) is 9.59 Å². The first-order valence-electron chi connectivity index (χ1n) is 7.55. The van der Waals surface area contributed by atoms with E-state index in [-0.39, 0.29) is 6.61 Å². The average Bonchev–Trinajstić information content (AvgIpc) is 3.21. The highest BCUT2D eigenvalue weighted by Crippen LogP contribution is 2.29. The van der Waals surface area contributed by atoms with E-state index in [1.807, 2.05) is 30.3 Å². The molecule has 1 aliphatic heterocycles. The van der Waals surface area contributed by atoms with Gasteiger partial charge in [0, 0.05) is 12.0 Å². The summed E-state index contributed by atoms with van der Waals surface area (Å²) in [7, 11) is 0. The van der Waals surface area contributed by atoms with E-state index in [9.17, 15) is 9.59 Å². The Morgan fingerprint density at radius 1 is 1.17 bits per heavy atom. The molecule has 0 aliphatic carbocycles. The topological polar surface area (TPSA) is 78.6 Å². The summed E-state index contributed by atoms with van der Waals surface area (Å²) in [5, 5.41) is 4.72. The van der Waals surface area contributed by atoms with Gasteiger partial charge in [0.15, 0.2) is 5.76 Å². The van der Waals surface area contributed by atoms with Gasteiger partial charge in [-0.2, -0.15) is 0 Å². The standard InChI is InChI=1S/C18H13NO5/c20-17(23-15-8-9-22-18(15)21)12-6-7-14-13(10-12)16(24-19-14)11-4-2-1-3-5-11/h1-7,10,15H,8-9H2/t15-/m1/s1. The van der Waals surface area contributed by atoms with E-state index in [0.717, 1.165) is 5.56 Å². The lowest BCUT2D eigenvalue weighted by molar-refractivity contribution is -0.145. The van der Waals surface area contributed by atoms with Crippen LogP contribution in [0.25, 0.3) is 22.2 Å². The van der Waals surface area contributed by atoms with Crippen molar-refractivity contribution in [1.29, 1.82) is 0 Å². The summed E-state index contributed by atoms with van der Waals surface area (Å²) in [4.78, 5) is 23.7. The first-order valence-corrected chi connectivity index (χ1v) is 7.55. The summed E-state index contributed by atoms with van der Waals surface area (Å²) in [5.74, 6) is -0.485. The zero-order valence-electron chi connectivity index (χ0n) is 12.6. The summed E-state index contributed by atoms with van der Waals surface area (Å²) in [5.41, 5.74) is 1.85. The van der Waals surface area contributed by atoms with Gasteiger partial charge in [0.25, 0.3) is 0 Å². The SMILES string of the molecule is O=C(O[C@@H]1CCOC1=O)c1ccc2noc(-c3ccccc3)c2c1. The molecule has 1 aromatic heterocycles. The molecule has 1 atom stereocenters. The number of cyclic esters (lactones) is 1. The van der Waals surface area contributed by atoms with Crippen LogP contribution in [0, 0.1) is 0 Å². The summed E-state index contributed by atoms with van der Waals surface area (Å²) in [6.07, 6.45) is -0.445. The van der Waals surface area contributed by atoms with E-state index in [2.05, 4.69) is 5.16 Å². The average molecular weight is 323 g/mol. The molecule has 1 fully saturated rings. The maximum absolute atomic E-state index is 12.3. The zero-order chi connectivity index (χ0) is 16.5. The number of carbonyl (C=O) groups excluding carboxylic acids is 2. The fourth-order valence-electron chi connectivity index (χ4n) is 2.65. The molecule has 2 heterocycles. The van der Waals surface area contributed by atoms with Crippen LogP contribution in [0.5, 0.6) is 0 Å². The number of fused-ring (bicyclic) bond motifs is 1. The second kappa shape index (κ2) is 5.81. The Labute approximate surface area is 137 Å². The summed E-state index contributed by atoms with van der Waals surface area (Å²) >= 11 is 0. The largest absolute Gasteiger partial charge is 0.463 e. The smallest absolute Gasteiger partial charge is 0.347 e. The number of carbonyl (C=O) groups is 2. The number of hydrogen-bond donors (Lipinski definition) is 0. The molecule has 0 unspecified atom stereocenters. The number of ether oxygens (including phenoxy) is 2. The van der Waals surface area contributed by atoms with Crippen LogP contribution in [0.3, 0.4) is 0 Å². The van der Waals surface area contributed by atoms with Gasteiger partial charge in [-0.05, 0) is 18.2 Å². The molecule has 0 spiro atoms. The Morgan fingerprint density at radius 2 is 2.00 bits per heavy atom. The molecule has 2 aromatic carbocycles. The van der Waals surface area contributed by atoms with Crippen molar-refractivity contribution in [1.82, 2.24) is 5.16 Å². The molecule has 120 valence electrons. The Hall–Kier alpha value is -3.15. The first-order chi connectivity index (χ1) is 11.7. The highest BCUT2D eigenvalue weighted by Gasteiger charge is 2.30. The maximum atomic E-state index is 12.3. The molecule has 0 saturated carbocycles. The van der Waals surface area contributed by atoms with E-state index in [1.165, 1.54) is 0 Å². The molecule has 6 nitrogen and oxygen atoms in total. The molecule has 0 radical (unpaired) electrons. The monoisotopic (exact) mass is 323 g/mol. The molecular formula is C18H13NO5. The fourth-order valence-corrected chi connectivity index (χ4v) is 2.65. The Balaban J connectivity index is 1.67. The van der Waals surface area contributed by atoms with Gasteiger partial charge in [-0.1, -0.05) is 35.5 Å². The van der Waals surface area contributed by atoms with Crippen molar-refractivity contribution >= 4 is 22.8 Å². The predicted molar refractivity (Wildman–Crippen MR) is 84.2 cm³/mol. The van der Waals surface area contributed by atoms with Crippen molar-refractivity contribution in [2.45, 2.75) is 12.5 Å². The van der Waals surface area contributed by atoms with Crippen LogP contribution in [0.2, 0.25) is 0 Å². The number of hydrogen-bond acceptors (Lipinski definition) is 6. The Bertz CT molecular complexity index is 916. The van der Waals surface area contributed by atoms with Crippen LogP contribution in [-0.2, 0) is 14.3 Å². The Morgan fingerprint density at radius 3 is 2.75 bits per heavy atom. The molecule has 24 heavy (non-hydrogen) atoms. The fraction of sp³-hybridized carbons (Fsp3) is 0.167. The number of nitrogens with zero attached hydrogens (tertiary/aromatic N) is 1. The van der Waals surface area contributed by atoms with Crippen LogP contribution in [0.15, 0.2) is 53.1 Å². The maximum Gasteiger partial charge on any atom is 0.347 e. The van der Waals surface area contributed by atoms with E-state index in [0.29, 0.717) is 28.6 Å². The Kier molecular flexibility index (Phi) is 3.49. The van der Waals surface area contributed by atoms with Gasteiger partial charge in [-0.3, -0.25) is 0 Å². The number of aromatic nitrogens is 1. The second-order valence-corrected chi connectivity index (χ2v) is 5.46. The van der Waals surface area contributed by atoms with Crippen molar-refractivity contribution in [3.8, 4) is 11.3 Å². The molecule has 1 aliphatic rings. The van der Waals surface area contributed by atoms with E-state index in [1.54, 1.807) is 18.2 Å². The highest BCUT2D eigenvalue weighted by atomic mass is 16.6. The summed E-state index contributed by atoms with van der Waals surface area (Å²) < 4.78 is 15.4. The minimum atomic E-state index is -0.829. The number of esters is 2. The highest BCUT2D eigenvalue weighted by molar-refractivity contribution is 5.99. The van der Waals surface area contributed by atoms with Crippen molar-refractivity contribution in [2.24, 2.45) is 0 Å². The van der Waals surface area contributed by atoms with Gasteiger partial charge < -0.3 is 14.0 Å². The lowest BCUT2D eigenvalue weighted by atomic mass is 10.1. The lowest BCUT2D eigenvalue weighted by Crippen LogP contribution is -2.22. The molecule has 0 amide bonds. The third-order valence-corrected chi connectivity index (χ3v) is 3.88. The van der Waals surface area contributed by atoms with Crippen molar-refractivity contribution in [3.63, 3.8) is 0 Å². The van der Waals surface area contributed by atoms with Crippen LogP contribution in [-0.4, -0.2) is 29.8 Å². The van der Waals surface area contributed by atoms with Gasteiger partial charge >= 0.3 is 11.9 Å². The van der Waals surface area contributed by atoms with Gasteiger partial charge in [0.2, 0.25) is 6.10 Å². The van der Waals surface area contributed by atoms with Crippen LogP contribution in [0.4, 0.5) is 0 Å². The number of benzene rings is 2. The molecule has 0 bridgehead atoms. The lowest BCUT2D eigenvalue weighted by Gasteiger charge is -2.08. The molecule has 1 saturated heterocycles. The van der Waals surface area contributed by atoms with Gasteiger partial charge in [-0.15, -0.1) is 0 Å². The van der Waals surface area contributed by atoms with Crippen LogP contribution >= 0.6 is 0 Å². The van der Waals surface area contributed by atoms with Crippen LogP contribution in [0.1, 0.15) is 16.8 Å². The summed E-state index contributed by atoms with van der Waals surface area (Å²) in [6.45, 7) is 0.277. The van der Waals surface area contributed by atoms with Crippen molar-refractivity contribution in [2.75, 3.05) is 6.61 Å². The quantitative estimate of drug-likeness (QED) is 0.690. The predicted octanol–water partition coefficient (Wildman–Crippen LogP) is 2.97. The molecule has 6 heteroatoms. The van der Waals surface area contributed by atoms with E-state index < -0.39 is 18.0 Å². The van der Waals surface area contributed by atoms with Crippen molar-refractivity contribution in [3.05, 3.63) is 54.1 Å². The molecule has 0 N–H and O–H groups in total. The molecule has 4 rings (SSSR count). The van der Waals surface area contributed by atoms with Crippen LogP contribution < -0.4 is 0 Å². The molecule has 3 aromatic rings. The van der Waals surface area contributed by atoms with E-state index >= 15 is 0 Å². The van der Waals surface area contributed by atoms with Gasteiger partial charge in [0.1, 0.15) is 5.52 Å². The summed E-state index contributed by atoms with van der Waals surface area (Å²) in [6, 6.07) is 14.5. The van der Waals surface area contributed by atoms with Gasteiger partial charge in [0.05, 0.1) is 17.6 Å². The second-order valence-electron chi connectivity index (χ2n) is 5.46. The third kappa shape index (κ3) is 2.52. The zero-order valence-corrected chi connectivity index (χ0v) is 12.6. The molecular weight excluding hydrogens is 310 g/mol. The first kappa shape index (κ1) is 14.4. The third-order valence-electron chi connectivity index (χ3n) is 3.88. The minimum Gasteiger partial charge on any atom is -0.463 e. The normalized spacial score (nSPS) is 17.0.